The lowest BCUT2D eigenvalue weighted by Gasteiger charge is -2.20. The van der Waals surface area contributed by atoms with Crippen molar-refractivity contribution in [2.24, 2.45) is 0 Å². The van der Waals surface area contributed by atoms with E-state index >= 15 is 0 Å². The molecule has 0 aliphatic heterocycles. The monoisotopic (exact) mass is 637 g/mol. The first-order valence-corrected chi connectivity index (χ1v) is 16.9. The summed E-state index contributed by atoms with van der Waals surface area (Å²) >= 11 is 0. The van der Waals surface area contributed by atoms with Gasteiger partial charge in [-0.25, -0.2) is 9.97 Å². The van der Waals surface area contributed by atoms with Gasteiger partial charge in [-0.05, 0) is 83.6 Å². The first-order valence-electron chi connectivity index (χ1n) is 16.9. The molecule has 0 aliphatic rings. The minimum absolute atomic E-state index is 0.359. The van der Waals surface area contributed by atoms with Gasteiger partial charge in [0, 0.05) is 45.6 Å². The molecule has 4 aromatic carbocycles. The second kappa shape index (κ2) is 11.3. The van der Waals surface area contributed by atoms with Crippen molar-refractivity contribution in [3.8, 4) is 28.6 Å². The molecule has 5 heterocycles. The van der Waals surface area contributed by atoms with Crippen LogP contribution in [0.3, 0.4) is 0 Å². The van der Waals surface area contributed by atoms with Crippen LogP contribution in [-0.4, -0.2) is 23.9 Å². The molecule has 0 bridgehead atoms. The fourth-order valence-electron chi connectivity index (χ4n) is 7.45. The number of hydrogen-bond acceptors (Lipinski definition) is 4. The van der Waals surface area contributed by atoms with E-state index < -0.39 is 0 Å². The van der Waals surface area contributed by atoms with Crippen LogP contribution >= 0.6 is 0 Å². The highest BCUT2D eigenvalue weighted by Gasteiger charge is 2.22. The van der Waals surface area contributed by atoms with Crippen LogP contribution in [-0.2, 0) is 0 Å². The van der Waals surface area contributed by atoms with Gasteiger partial charge in [-0.2, -0.15) is 0 Å². The van der Waals surface area contributed by atoms with Crippen molar-refractivity contribution < 1.29 is 4.74 Å². The number of fused-ring (bicyclic) bond motifs is 9. The van der Waals surface area contributed by atoms with Crippen LogP contribution in [0, 0.1) is 0 Å². The molecule has 238 valence electrons. The highest BCUT2D eigenvalue weighted by Crippen LogP contribution is 2.41. The first kappa shape index (κ1) is 29.2. The van der Waals surface area contributed by atoms with Crippen LogP contribution in [0.15, 0.2) is 128 Å². The number of rotatable bonds is 6. The lowest BCUT2D eigenvalue weighted by atomic mass is 9.87. The second-order valence-corrected chi connectivity index (χ2v) is 13.3. The van der Waals surface area contributed by atoms with Crippen LogP contribution in [0.25, 0.3) is 66.3 Å². The average molecular weight is 638 g/mol. The van der Waals surface area contributed by atoms with Crippen LogP contribution in [0.2, 0.25) is 0 Å². The van der Waals surface area contributed by atoms with Crippen molar-refractivity contribution in [2.45, 2.75) is 39.5 Å². The number of benzene rings is 4. The molecule has 6 nitrogen and oxygen atoms in total. The smallest absolute Gasteiger partial charge is 0.145 e. The highest BCUT2D eigenvalue weighted by atomic mass is 16.5. The number of ether oxygens (including phenoxy) is 1. The van der Waals surface area contributed by atoms with E-state index in [0.29, 0.717) is 11.8 Å². The third-order valence-corrected chi connectivity index (χ3v) is 9.66. The number of aromatic nitrogens is 5. The second-order valence-electron chi connectivity index (χ2n) is 13.3. The van der Waals surface area contributed by atoms with Crippen LogP contribution in [0.1, 0.15) is 50.7 Å². The Kier molecular flexibility index (Phi) is 6.73. The molecule has 9 rings (SSSR count). The molecule has 0 saturated heterocycles. The summed E-state index contributed by atoms with van der Waals surface area (Å²) < 4.78 is 11.1. The fraction of sp³-hybridized carbons (Fsp3) is 0.140. The number of pyridine rings is 3. The molecular weight excluding hydrogens is 603 g/mol. The zero-order chi connectivity index (χ0) is 33.2. The maximum absolute atomic E-state index is 6.64. The molecule has 9 aromatic rings. The van der Waals surface area contributed by atoms with E-state index in [-0.39, 0.29) is 0 Å². The van der Waals surface area contributed by atoms with Gasteiger partial charge in [0.25, 0.3) is 0 Å². The standard InChI is InChI=1S/C43H35N5O/c1-26(2)30-12-9-13-31(27(3)4)41(30)39-25-46-43-35-23-28(18-20-34(35)42-37(48(39)43)15-10-22-45-42)49-29-17-19-33-32-11-5-6-14-36(32)47(38(33)24-29)40-16-7-8-21-44-40/h5-27H,1-4H3. The summed E-state index contributed by atoms with van der Waals surface area (Å²) in [6, 6.07) is 37.8. The molecule has 0 N–H and O–H groups in total. The summed E-state index contributed by atoms with van der Waals surface area (Å²) in [5, 5.41) is 4.36. The van der Waals surface area contributed by atoms with Gasteiger partial charge in [0.1, 0.15) is 23.0 Å². The maximum Gasteiger partial charge on any atom is 0.145 e. The Morgan fingerprint density at radius 1 is 0.551 bits per heavy atom. The van der Waals surface area contributed by atoms with Gasteiger partial charge in [0.2, 0.25) is 0 Å². The third-order valence-electron chi connectivity index (χ3n) is 9.66. The maximum atomic E-state index is 6.64. The molecule has 0 saturated carbocycles. The Hall–Kier alpha value is -6.01. The molecule has 0 amide bonds. The number of para-hydroxylation sites is 1. The third kappa shape index (κ3) is 4.59. The van der Waals surface area contributed by atoms with Crippen LogP contribution in [0.5, 0.6) is 11.5 Å². The summed E-state index contributed by atoms with van der Waals surface area (Å²) in [6.45, 7) is 9.05. The molecule has 49 heavy (non-hydrogen) atoms. The number of hydrogen-bond donors (Lipinski definition) is 0. The molecule has 0 atom stereocenters. The normalized spacial score (nSPS) is 12.0. The predicted molar refractivity (Wildman–Crippen MR) is 200 cm³/mol. The molecule has 6 heteroatoms. The fourth-order valence-corrected chi connectivity index (χ4v) is 7.45. The Morgan fingerprint density at radius 3 is 2.02 bits per heavy atom. The van der Waals surface area contributed by atoms with Crippen molar-refractivity contribution in [2.75, 3.05) is 0 Å². The van der Waals surface area contributed by atoms with Crippen molar-refractivity contribution >= 4 is 49.3 Å². The van der Waals surface area contributed by atoms with E-state index in [1.165, 1.54) is 22.1 Å². The predicted octanol–water partition coefficient (Wildman–Crippen LogP) is 11.2. The van der Waals surface area contributed by atoms with Gasteiger partial charge >= 0.3 is 0 Å². The molecule has 0 aliphatic carbocycles. The largest absolute Gasteiger partial charge is 0.457 e. The summed E-state index contributed by atoms with van der Waals surface area (Å²) in [5.74, 6) is 3.07. The molecule has 0 spiro atoms. The van der Waals surface area contributed by atoms with E-state index in [9.17, 15) is 0 Å². The van der Waals surface area contributed by atoms with E-state index in [4.69, 9.17) is 14.7 Å². The summed E-state index contributed by atoms with van der Waals surface area (Å²) in [5.41, 5.74) is 9.98. The van der Waals surface area contributed by atoms with Crippen molar-refractivity contribution in [1.82, 2.24) is 23.9 Å². The zero-order valence-corrected chi connectivity index (χ0v) is 27.9. The van der Waals surface area contributed by atoms with E-state index in [1.54, 1.807) is 0 Å². The lowest BCUT2D eigenvalue weighted by Crippen LogP contribution is -2.03. The van der Waals surface area contributed by atoms with Crippen molar-refractivity contribution in [3.05, 3.63) is 139 Å². The van der Waals surface area contributed by atoms with Gasteiger partial charge in [-0.15, -0.1) is 0 Å². The molecular formula is C43H35N5O. The van der Waals surface area contributed by atoms with Crippen molar-refractivity contribution in [1.29, 1.82) is 0 Å². The Bertz CT molecular complexity index is 2680. The SMILES string of the molecule is CC(C)c1cccc(C(C)C)c1-c1cnc2c3cc(Oc4ccc5c6ccccc6n(-c6ccccn6)c5c4)ccc3c3ncccc3n12. The van der Waals surface area contributed by atoms with E-state index in [1.807, 2.05) is 55.0 Å². The molecule has 0 fully saturated rings. The lowest BCUT2D eigenvalue weighted by molar-refractivity contribution is 0.484. The minimum atomic E-state index is 0.359. The topological polar surface area (TPSA) is 57.2 Å². The summed E-state index contributed by atoms with van der Waals surface area (Å²) in [7, 11) is 0. The van der Waals surface area contributed by atoms with Gasteiger partial charge in [-0.1, -0.05) is 70.2 Å². The first-order chi connectivity index (χ1) is 24.0. The number of nitrogens with zero attached hydrogens (tertiary/aromatic N) is 5. The van der Waals surface area contributed by atoms with E-state index in [0.717, 1.165) is 66.9 Å². The molecule has 0 radical (unpaired) electrons. The zero-order valence-electron chi connectivity index (χ0n) is 27.9. The highest BCUT2D eigenvalue weighted by molar-refractivity contribution is 6.11. The van der Waals surface area contributed by atoms with Gasteiger partial charge in [0.05, 0.1) is 34.0 Å². The van der Waals surface area contributed by atoms with Gasteiger partial charge in [-0.3, -0.25) is 14.0 Å². The quantitative estimate of drug-likeness (QED) is 0.170. The minimum Gasteiger partial charge on any atom is -0.457 e. The van der Waals surface area contributed by atoms with E-state index in [2.05, 4.69) is 114 Å². The number of imidazole rings is 1. The Balaban J connectivity index is 1.23. The average Bonchev–Trinajstić information content (AvgIpc) is 3.72. The van der Waals surface area contributed by atoms with Crippen LogP contribution < -0.4 is 4.74 Å². The Labute approximate surface area is 284 Å². The van der Waals surface area contributed by atoms with Crippen molar-refractivity contribution in [3.63, 3.8) is 0 Å². The van der Waals surface area contributed by atoms with Gasteiger partial charge < -0.3 is 4.74 Å². The summed E-state index contributed by atoms with van der Waals surface area (Å²) in [4.78, 5) is 14.7. The molecule has 0 unspecified atom stereocenters. The summed E-state index contributed by atoms with van der Waals surface area (Å²) in [6.07, 6.45) is 5.73. The Morgan fingerprint density at radius 2 is 1.24 bits per heavy atom. The molecule has 5 aromatic heterocycles. The van der Waals surface area contributed by atoms with Crippen LogP contribution in [0.4, 0.5) is 0 Å². The van der Waals surface area contributed by atoms with Gasteiger partial charge in [0.15, 0.2) is 0 Å².